The number of para-hydroxylation sites is 1. The quantitative estimate of drug-likeness (QED) is 0.773. The van der Waals surface area contributed by atoms with Gasteiger partial charge in [0.1, 0.15) is 0 Å². The maximum absolute atomic E-state index is 8.99. The van der Waals surface area contributed by atoms with Crippen molar-refractivity contribution in [1.82, 2.24) is 0 Å². The zero-order valence-corrected chi connectivity index (χ0v) is 10.0. The van der Waals surface area contributed by atoms with Crippen LogP contribution < -0.4 is 4.90 Å². The fraction of sp³-hybridized carbons (Fsp3) is 0.500. The predicted octanol–water partition coefficient (Wildman–Crippen LogP) is 2.99. The molecule has 0 unspecified atom stereocenters. The topological polar surface area (TPSA) is 27.0 Å². The van der Waals surface area contributed by atoms with Crippen LogP contribution in [0.5, 0.6) is 0 Å². The van der Waals surface area contributed by atoms with Crippen molar-refractivity contribution < 1.29 is 0 Å². The van der Waals surface area contributed by atoms with E-state index in [1.54, 1.807) is 0 Å². The molecule has 2 rings (SSSR count). The van der Waals surface area contributed by atoms with Gasteiger partial charge in [-0.1, -0.05) is 18.2 Å². The summed E-state index contributed by atoms with van der Waals surface area (Å²) in [5.74, 6) is 0. The molecular weight excluding hydrogens is 196 g/mol. The lowest BCUT2D eigenvalue weighted by Gasteiger charge is -2.23. The van der Waals surface area contributed by atoms with Crippen LogP contribution in [0, 0.1) is 16.7 Å². The Labute approximate surface area is 97.5 Å². The largest absolute Gasteiger partial charge is 0.371 e. The molecule has 0 atom stereocenters. The molecule has 1 aliphatic heterocycles. The monoisotopic (exact) mass is 214 g/mol. The normalized spacial score (nSPS) is 14.7. The number of hydrogen-bond donors (Lipinski definition) is 0. The van der Waals surface area contributed by atoms with E-state index in [4.69, 9.17) is 5.26 Å². The Hall–Kier alpha value is -1.49. The fourth-order valence-corrected chi connectivity index (χ4v) is 2.11. The number of rotatable bonds is 3. The molecule has 1 aliphatic rings. The molecule has 0 fully saturated rings. The molecule has 0 bridgehead atoms. The average Bonchev–Trinajstić information content (AvgIpc) is 2.70. The van der Waals surface area contributed by atoms with E-state index in [0.29, 0.717) is 0 Å². The van der Waals surface area contributed by atoms with E-state index in [2.05, 4.69) is 35.2 Å². The van der Waals surface area contributed by atoms with Crippen molar-refractivity contribution in [2.24, 2.45) is 5.41 Å². The summed E-state index contributed by atoms with van der Waals surface area (Å²) < 4.78 is 0. The van der Waals surface area contributed by atoms with Crippen molar-refractivity contribution >= 4 is 5.69 Å². The molecule has 0 aliphatic carbocycles. The molecule has 0 N–H and O–H groups in total. The highest BCUT2D eigenvalue weighted by Gasteiger charge is 2.22. The van der Waals surface area contributed by atoms with Gasteiger partial charge in [-0.05, 0) is 38.3 Å². The summed E-state index contributed by atoms with van der Waals surface area (Å²) in [5, 5.41) is 8.99. The van der Waals surface area contributed by atoms with E-state index in [1.165, 1.54) is 11.3 Å². The van der Waals surface area contributed by atoms with E-state index in [-0.39, 0.29) is 5.41 Å². The van der Waals surface area contributed by atoms with Gasteiger partial charge < -0.3 is 4.90 Å². The highest BCUT2D eigenvalue weighted by Crippen LogP contribution is 2.29. The minimum Gasteiger partial charge on any atom is -0.371 e. The molecule has 0 saturated heterocycles. The SMILES string of the molecule is CC(C)(C#N)CCN1CCc2ccccc21. The highest BCUT2D eigenvalue weighted by molar-refractivity contribution is 5.57. The minimum atomic E-state index is -0.211. The summed E-state index contributed by atoms with van der Waals surface area (Å²) in [7, 11) is 0. The van der Waals surface area contributed by atoms with Crippen LogP contribution in [0.15, 0.2) is 24.3 Å². The van der Waals surface area contributed by atoms with Crippen molar-refractivity contribution in [3.63, 3.8) is 0 Å². The number of anilines is 1. The average molecular weight is 214 g/mol. The Morgan fingerprint density at radius 3 is 2.88 bits per heavy atom. The zero-order chi connectivity index (χ0) is 11.6. The van der Waals surface area contributed by atoms with Crippen molar-refractivity contribution in [2.75, 3.05) is 18.0 Å². The van der Waals surface area contributed by atoms with Gasteiger partial charge in [-0.3, -0.25) is 0 Å². The molecule has 0 spiro atoms. The van der Waals surface area contributed by atoms with Gasteiger partial charge >= 0.3 is 0 Å². The van der Waals surface area contributed by atoms with Gasteiger partial charge in [-0.2, -0.15) is 5.26 Å². The number of nitriles is 1. The molecule has 2 nitrogen and oxygen atoms in total. The summed E-state index contributed by atoms with van der Waals surface area (Å²) in [6, 6.07) is 10.9. The van der Waals surface area contributed by atoms with Gasteiger partial charge in [0, 0.05) is 18.8 Å². The summed E-state index contributed by atoms with van der Waals surface area (Å²) >= 11 is 0. The Bertz CT molecular complexity index is 415. The third kappa shape index (κ3) is 2.19. The molecule has 16 heavy (non-hydrogen) atoms. The van der Waals surface area contributed by atoms with Crippen LogP contribution in [0.1, 0.15) is 25.8 Å². The van der Waals surface area contributed by atoms with Crippen molar-refractivity contribution in [2.45, 2.75) is 26.7 Å². The summed E-state index contributed by atoms with van der Waals surface area (Å²) in [6.45, 7) is 6.10. The Morgan fingerprint density at radius 2 is 2.12 bits per heavy atom. The van der Waals surface area contributed by atoms with Gasteiger partial charge in [-0.15, -0.1) is 0 Å². The fourth-order valence-electron chi connectivity index (χ4n) is 2.11. The molecule has 0 saturated carbocycles. The van der Waals surface area contributed by atoms with E-state index in [9.17, 15) is 0 Å². The first-order chi connectivity index (χ1) is 7.62. The maximum atomic E-state index is 8.99. The summed E-state index contributed by atoms with van der Waals surface area (Å²) in [5.41, 5.74) is 2.59. The van der Waals surface area contributed by atoms with Gasteiger partial charge in [0.05, 0.1) is 11.5 Å². The summed E-state index contributed by atoms with van der Waals surface area (Å²) in [4.78, 5) is 2.40. The third-order valence-corrected chi connectivity index (χ3v) is 3.29. The van der Waals surface area contributed by atoms with Crippen molar-refractivity contribution in [1.29, 1.82) is 5.26 Å². The second kappa shape index (κ2) is 4.17. The Morgan fingerprint density at radius 1 is 1.38 bits per heavy atom. The lowest BCUT2D eigenvalue weighted by atomic mass is 9.91. The number of fused-ring (bicyclic) bond motifs is 1. The second-order valence-electron chi connectivity index (χ2n) is 5.11. The molecular formula is C14H18N2. The van der Waals surface area contributed by atoms with Gasteiger partial charge in [0.15, 0.2) is 0 Å². The molecule has 1 heterocycles. The van der Waals surface area contributed by atoms with Crippen molar-refractivity contribution in [3.8, 4) is 6.07 Å². The Balaban J connectivity index is 2.02. The lowest BCUT2D eigenvalue weighted by molar-refractivity contribution is 0.452. The van der Waals surface area contributed by atoms with Crippen LogP contribution in [-0.4, -0.2) is 13.1 Å². The van der Waals surface area contributed by atoms with Crippen LogP contribution in [0.4, 0.5) is 5.69 Å². The molecule has 84 valence electrons. The predicted molar refractivity (Wildman–Crippen MR) is 66.4 cm³/mol. The van der Waals surface area contributed by atoms with E-state index in [1.807, 2.05) is 13.8 Å². The first-order valence-corrected chi connectivity index (χ1v) is 5.86. The highest BCUT2D eigenvalue weighted by atomic mass is 15.1. The molecule has 2 heteroatoms. The van der Waals surface area contributed by atoms with E-state index < -0.39 is 0 Å². The first kappa shape index (κ1) is 11.0. The van der Waals surface area contributed by atoms with Crippen LogP contribution in [0.25, 0.3) is 0 Å². The van der Waals surface area contributed by atoms with Crippen LogP contribution in [-0.2, 0) is 6.42 Å². The molecule has 0 amide bonds. The summed E-state index contributed by atoms with van der Waals surface area (Å²) in [6.07, 6.45) is 2.07. The first-order valence-electron chi connectivity index (χ1n) is 5.86. The van der Waals surface area contributed by atoms with E-state index >= 15 is 0 Å². The van der Waals surface area contributed by atoms with Gasteiger partial charge in [0.25, 0.3) is 0 Å². The zero-order valence-electron chi connectivity index (χ0n) is 10.0. The number of hydrogen-bond acceptors (Lipinski definition) is 2. The second-order valence-corrected chi connectivity index (χ2v) is 5.11. The lowest BCUT2D eigenvalue weighted by Crippen LogP contribution is -2.25. The maximum Gasteiger partial charge on any atom is 0.0684 e. The van der Waals surface area contributed by atoms with Gasteiger partial charge in [0.2, 0.25) is 0 Å². The molecule has 0 radical (unpaired) electrons. The smallest absolute Gasteiger partial charge is 0.0684 e. The van der Waals surface area contributed by atoms with E-state index in [0.717, 1.165) is 25.9 Å². The molecule has 1 aromatic carbocycles. The third-order valence-electron chi connectivity index (χ3n) is 3.29. The Kier molecular flexibility index (Phi) is 2.87. The molecule has 0 aromatic heterocycles. The van der Waals surface area contributed by atoms with Crippen molar-refractivity contribution in [3.05, 3.63) is 29.8 Å². The minimum absolute atomic E-state index is 0.211. The standard InChI is InChI=1S/C14H18N2/c1-14(2,11-15)8-10-16-9-7-12-5-3-4-6-13(12)16/h3-6H,7-10H2,1-2H3. The number of benzene rings is 1. The van der Waals surface area contributed by atoms with Crippen LogP contribution >= 0.6 is 0 Å². The van der Waals surface area contributed by atoms with Gasteiger partial charge in [-0.25, -0.2) is 0 Å². The van der Waals surface area contributed by atoms with Crippen LogP contribution in [0.3, 0.4) is 0 Å². The molecule has 1 aromatic rings. The van der Waals surface area contributed by atoms with Crippen LogP contribution in [0.2, 0.25) is 0 Å². The number of nitrogens with zero attached hydrogens (tertiary/aromatic N) is 2.